The number of amides is 1. The monoisotopic (exact) mass is 494 g/mol. The van der Waals surface area contributed by atoms with Crippen LogP contribution in [0.4, 0.5) is 11.4 Å². The van der Waals surface area contributed by atoms with Crippen LogP contribution in [0.25, 0.3) is 0 Å². The van der Waals surface area contributed by atoms with Gasteiger partial charge in [0.2, 0.25) is 0 Å². The fourth-order valence-corrected chi connectivity index (χ4v) is 4.39. The lowest BCUT2D eigenvalue weighted by atomic mass is 10.2. The molecular weight excluding hydrogens is 475 g/mol. The first-order chi connectivity index (χ1) is 15.1. The Bertz CT molecular complexity index is 1260. The van der Waals surface area contributed by atoms with Crippen LogP contribution in [-0.4, -0.2) is 28.5 Å². The van der Waals surface area contributed by atoms with Crippen molar-refractivity contribution in [3.05, 3.63) is 75.8 Å². The fourth-order valence-electron chi connectivity index (χ4n) is 2.84. The quantitative estimate of drug-likeness (QED) is 0.460. The predicted molar refractivity (Wildman–Crippen MR) is 126 cm³/mol. The minimum absolute atomic E-state index is 0.0616. The molecule has 0 aromatic heterocycles. The van der Waals surface area contributed by atoms with E-state index in [0.29, 0.717) is 22.2 Å². The van der Waals surface area contributed by atoms with Crippen molar-refractivity contribution in [2.45, 2.75) is 11.8 Å². The topological polar surface area (TPSA) is 93.7 Å². The molecule has 168 valence electrons. The molecule has 0 atom stereocenters. The lowest BCUT2D eigenvalue weighted by Gasteiger charge is -2.14. The zero-order chi connectivity index (χ0) is 23.5. The van der Waals surface area contributed by atoms with Crippen molar-refractivity contribution in [1.82, 2.24) is 0 Å². The van der Waals surface area contributed by atoms with E-state index in [1.54, 1.807) is 12.1 Å². The molecule has 0 aliphatic heterocycles. The number of halogens is 2. The molecule has 10 heteroatoms. The van der Waals surface area contributed by atoms with Crippen LogP contribution in [0.15, 0.2) is 59.5 Å². The summed E-state index contributed by atoms with van der Waals surface area (Å²) in [6.45, 7) is 1.86. The number of methoxy groups -OCH3 is 2. The summed E-state index contributed by atoms with van der Waals surface area (Å²) in [4.78, 5) is 12.9. The molecule has 0 fully saturated rings. The number of aryl methyl sites for hydroxylation is 1. The minimum atomic E-state index is -3.80. The number of benzene rings is 3. The van der Waals surface area contributed by atoms with E-state index in [1.165, 1.54) is 56.7 Å². The van der Waals surface area contributed by atoms with E-state index in [4.69, 9.17) is 32.7 Å². The van der Waals surface area contributed by atoms with Gasteiger partial charge in [-0.2, -0.15) is 0 Å². The number of hydrogen-bond donors (Lipinski definition) is 2. The van der Waals surface area contributed by atoms with Crippen molar-refractivity contribution in [3.63, 3.8) is 0 Å². The molecule has 2 N–H and O–H groups in total. The van der Waals surface area contributed by atoms with Gasteiger partial charge in [0, 0.05) is 12.1 Å². The average Bonchev–Trinajstić information content (AvgIpc) is 2.74. The predicted octanol–water partition coefficient (Wildman–Crippen LogP) is 5.37. The van der Waals surface area contributed by atoms with Gasteiger partial charge in [0.1, 0.15) is 11.5 Å². The Morgan fingerprint density at radius 3 is 2.12 bits per heavy atom. The van der Waals surface area contributed by atoms with Crippen LogP contribution < -0.4 is 19.5 Å². The van der Waals surface area contributed by atoms with Gasteiger partial charge in [-0.25, -0.2) is 8.42 Å². The first-order valence-electron chi connectivity index (χ1n) is 9.26. The third kappa shape index (κ3) is 5.27. The van der Waals surface area contributed by atoms with Crippen molar-refractivity contribution in [2.24, 2.45) is 0 Å². The maximum absolute atomic E-state index is 12.8. The van der Waals surface area contributed by atoms with E-state index < -0.39 is 15.9 Å². The highest BCUT2D eigenvalue weighted by atomic mass is 35.5. The molecule has 3 rings (SSSR count). The SMILES string of the molecule is COc1cc(NC(=O)c2ccc(NS(=O)(=O)c3ccc(C)cc3)cc2Cl)c(OC)cc1Cl. The Morgan fingerprint density at radius 2 is 1.53 bits per heavy atom. The standard InChI is InChI=1S/C22H20Cl2N2O5S/c1-13-4-7-15(8-5-13)32(28,29)26-14-6-9-16(17(23)10-14)22(27)25-19-12-20(30-2)18(24)11-21(19)31-3/h4-12,26H,1-3H3,(H,25,27). The molecule has 0 aliphatic carbocycles. The Morgan fingerprint density at radius 1 is 0.875 bits per heavy atom. The van der Waals surface area contributed by atoms with Crippen LogP contribution in [0.5, 0.6) is 11.5 Å². The van der Waals surface area contributed by atoms with Crippen LogP contribution >= 0.6 is 23.2 Å². The first kappa shape index (κ1) is 23.7. The van der Waals surface area contributed by atoms with Gasteiger partial charge in [-0.1, -0.05) is 40.9 Å². The van der Waals surface area contributed by atoms with Crippen LogP contribution in [-0.2, 0) is 10.0 Å². The van der Waals surface area contributed by atoms with Gasteiger partial charge >= 0.3 is 0 Å². The summed E-state index contributed by atoms with van der Waals surface area (Å²) in [6, 6.07) is 13.7. The van der Waals surface area contributed by atoms with E-state index in [0.717, 1.165) is 5.56 Å². The van der Waals surface area contributed by atoms with Gasteiger partial charge in [-0.15, -0.1) is 0 Å². The Kier molecular flexibility index (Phi) is 7.18. The number of hydrogen-bond acceptors (Lipinski definition) is 5. The zero-order valence-electron chi connectivity index (χ0n) is 17.4. The second-order valence-corrected chi connectivity index (χ2v) is 9.25. The number of nitrogens with one attached hydrogen (secondary N) is 2. The molecular formula is C22H20Cl2N2O5S. The van der Waals surface area contributed by atoms with E-state index in [9.17, 15) is 13.2 Å². The first-order valence-corrected chi connectivity index (χ1v) is 11.5. The highest BCUT2D eigenvalue weighted by Crippen LogP contribution is 2.36. The van der Waals surface area contributed by atoms with Gasteiger partial charge in [0.25, 0.3) is 15.9 Å². The normalized spacial score (nSPS) is 11.0. The number of anilines is 2. The van der Waals surface area contributed by atoms with Crippen LogP contribution in [0.2, 0.25) is 10.0 Å². The third-order valence-electron chi connectivity index (χ3n) is 4.52. The number of carbonyl (C=O) groups excluding carboxylic acids is 1. The van der Waals surface area contributed by atoms with E-state index in [1.807, 2.05) is 6.92 Å². The summed E-state index contributed by atoms with van der Waals surface area (Å²) in [5.41, 5.74) is 1.63. The molecule has 0 saturated carbocycles. The van der Waals surface area contributed by atoms with Crippen LogP contribution in [0.3, 0.4) is 0 Å². The van der Waals surface area contributed by atoms with Crippen LogP contribution in [0, 0.1) is 6.92 Å². The Balaban J connectivity index is 1.82. The second kappa shape index (κ2) is 9.68. The van der Waals surface area contributed by atoms with Gasteiger partial charge in [-0.05, 0) is 37.3 Å². The summed E-state index contributed by atoms with van der Waals surface area (Å²) >= 11 is 12.4. The lowest BCUT2D eigenvalue weighted by molar-refractivity contribution is 0.102. The smallest absolute Gasteiger partial charge is 0.261 e. The van der Waals surface area contributed by atoms with Gasteiger partial charge < -0.3 is 14.8 Å². The molecule has 0 spiro atoms. The maximum atomic E-state index is 12.8. The van der Waals surface area contributed by atoms with Crippen LogP contribution in [0.1, 0.15) is 15.9 Å². The summed E-state index contributed by atoms with van der Waals surface area (Å²) in [5.74, 6) is 0.170. The molecule has 3 aromatic carbocycles. The lowest BCUT2D eigenvalue weighted by Crippen LogP contribution is -2.15. The number of rotatable bonds is 7. The van der Waals surface area contributed by atoms with Crippen molar-refractivity contribution in [3.8, 4) is 11.5 Å². The molecule has 0 unspecified atom stereocenters. The summed E-state index contributed by atoms with van der Waals surface area (Å²) in [6.07, 6.45) is 0. The number of ether oxygens (including phenoxy) is 2. The summed E-state index contributed by atoms with van der Waals surface area (Å²) < 4.78 is 38.0. The molecule has 3 aromatic rings. The molecule has 32 heavy (non-hydrogen) atoms. The Hall–Kier alpha value is -2.94. The van der Waals surface area contributed by atoms with E-state index >= 15 is 0 Å². The number of carbonyl (C=O) groups is 1. The van der Waals surface area contributed by atoms with E-state index in [-0.39, 0.29) is 21.2 Å². The largest absolute Gasteiger partial charge is 0.495 e. The molecule has 0 radical (unpaired) electrons. The molecule has 0 saturated heterocycles. The zero-order valence-corrected chi connectivity index (χ0v) is 19.7. The highest BCUT2D eigenvalue weighted by molar-refractivity contribution is 7.92. The van der Waals surface area contributed by atoms with Gasteiger partial charge in [0.15, 0.2) is 0 Å². The molecule has 1 amide bonds. The molecule has 7 nitrogen and oxygen atoms in total. The fraction of sp³-hybridized carbons (Fsp3) is 0.136. The third-order valence-corrected chi connectivity index (χ3v) is 6.52. The van der Waals surface area contributed by atoms with Gasteiger partial charge in [-0.3, -0.25) is 9.52 Å². The highest BCUT2D eigenvalue weighted by Gasteiger charge is 2.18. The van der Waals surface area contributed by atoms with Crippen molar-refractivity contribution < 1.29 is 22.7 Å². The maximum Gasteiger partial charge on any atom is 0.261 e. The Labute approximate surface area is 196 Å². The molecule has 0 bridgehead atoms. The average molecular weight is 495 g/mol. The minimum Gasteiger partial charge on any atom is -0.495 e. The van der Waals surface area contributed by atoms with Crippen molar-refractivity contribution >= 4 is 50.5 Å². The molecule has 0 heterocycles. The summed E-state index contributed by atoms with van der Waals surface area (Å²) in [7, 11) is -0.910. The van der Waals surface area contributed by atoms with Crippen molar-refractivity contribution in [2.75, 3.05) is 24.3 Å². The second-order valence-electron chi connectivity index (χ2n) is 6.75. The van der Waals surface area contributed by atoms with Gasteiger partial charge in [0.05, 0.1) is 46.1 Å². The van der Waals surface area contributed by atoms with Crippen molar-refractivity contribution in [1.29, 1.82) is 0 Å². The summed E-state index contributed by atoms with van der Waals surface area (Å²) in [5, 5.41) is 3.08. The molecule has 0 aliphatic rings. The van der Waals surface area contributed by atoms with E-state index in [2.05, 4.69) is 10.0 Å². The number of sulfonamides is 1.